The Balaban J connectivity index is 1.70. The van der Waals surface area contributed by atoms with E-state index < -0.39 is 0 Å². The summed E-state index contributed by atoms with van der Waals surface area (Å²) in [6.45, 7) is 5.73. The highest BCUT2D eigenvalue weighted by Crippen LogP contribution is 2.20. The van der Waals surface area contributed by atoms with Gasteiger partial charge in [-0.25, -0.2) is 14.2 Å². The summed E-state index contributed by atoms with van der Waals surface area (Å²) in [5.74, 6) is 0.284. The van der Waals surface area contributed by atoms with Gasteiger partial charge in [0.2, 0.25) is 0 Å². The maximum absolute atomic E-state index is 13.3. The predicted octanol–water partition coefficient (Wildman–Crippen LogP) is 3.04. The summed E-state index contributed by atoms with van der Waals surface area (Å²) in [7, 11) is 0. The van der Waals surface area contributed by atoms with E-state index in [4.69, 9.17) is 5.73 Å². The molecule has 1 fully saturated rings. The van der Waals surface area contributed by atoms with Gasteiger partial charge in [0.15, 0.2) is 5.96 Å². The lowest BCUT2D eigenvalue weighted by Crippen LogP contribution is -2.60. The lowest BCUT2D eigenvalue weighted by atomic mass is 10.00. The average Bonchev–Trinajstić information content (AvgIpc) is 2.68. The highest BCUT2D eigenvalue weighted by atomic mass is 19.1. The fraction of sp³-hybridized carbons (Fsp3) is 0.350. The number of nitrogens with two attached hydrogens (primary N) is 1. The van der Waals surface area contributed by atoms with Crippen molar-refractivity contribution < 1.29 is 9.18 Å². The molecule has 2 amide bonds. The second-order valence-corrected chi connectivity index (χ2v) is 7.07. The number of benzene rings is 1. The Bertz CT molecular complexity index is 842. The lowest BCUT2D eigenvalue weighted by Gasteiger charge is -2.43. The maximum Gasteiger partial charge on any atom is 0.321 e. The van der Waals surface area contributed by atoms with E-state index >= 15 is 0 Å². The molecule has 0 aliphatic carbocycles. The third-order valence-corrected chi connectivity index (χ3v) is 4.74. The third-order valence-electron chi connectivity index (χ3n) is 4.74. The molecular weight excluding hydrogens is 359 g/mol. The smallest absolute Gasteiger partial charge is 0.321 e. The summed E-state index contributed by atoms with van der Waals surface area (Å²) in [5.41, 5.74) is 7.38. The monoisotopic (exact) mass is 384 g/mol. The van der Waals surface area contributed by atoms with Crippen molar-refractivity contribution in [3.63, 3.8) is 0 Å². The number of piperazine rings is 1. The first-order valence-electron chi connectivity index (χ1n) is 9.26. The van der Waals surface area contributed by atoms with E-state index in [1.807, 2.05) is 11.0 Å². The van der Waals surface area contributed by atoms with Gasteiger partial charge < -0.3 is 20.9 Å². The zero-order valence-corrected chi connectivity index (χ0v) is 16.0. The highest BCUT2D eigenvalue weighted by Gasteiger charge is 2.32. The summed E-state index contributed by atoms with van der Waals surface area (Å²) >= 11 is 0. The molecule has 0 spiro atoms. The second-order valence-electron chi connectivity index (χ2n) is 7.07. The van der Waals surface area contributed by atoms with Crippen LogP contribution < -0.4 is 11.1 Å². The number of amides is 2. The van der Waals surface area contributed by atoms with Crippen LogP contribution in [0.15, 0.2) is 53.8 Å². The van der Waals surface area contributed by atoms with Crippen LogP contribution in [0, 0.1) is 11.7 Å². The molecule has 7 nitrogen and oxygen atoms in total. The number of pyridine rings is 1. The molecule has 0 saturated carbocycles. The zero-order chi connectivity index (χ0) is 20.1. The minimum absolute atomic E-state index is 0.0208. The molecule has 1 aliphatic heterocycles. The molecule has 1 atom stereocenters. The summed E-state index contributed by atoms with van der Waals surface area (Å²) in [5, 5.41) is 2.75. The van der Waals surface area contributed by atoms with Gasteiger partial charge in [0.05, 0.1) is 17.9 Å². The molecule has 1 unspecified atom stereocenters. The molecule has 1 aliphatic rings. The normalized spacial score (nSPS) is 17.7. The molecule has 2 aromatic rings. The van der Waals surface area contributed by atoms with Crippen LogP contribution in [0.25, 0.3) is 0 Å². The van der Waals surface area contributed by atoms with Gasteiger partial charge in [0.1, 0.15) is 5.82 Å². The van der Waals surface area contributed by atoms with Gasteiger partial charge in [0, 0.05) is 31.5 Å². The molecule has 3 N–H and O–H groups in total. The van der Waals surface area contributed by atoms with E-state index in [0.717, 1.165) is 0 Å². The van der Waals surface area contributed by atoms with Crippen molar-refractivity contribution in [3.8, 4) is 0 Å². The van der Waals surface area contributed by atoms with E-state index in [-0.39, 0.29) is 23.8 Å². The van der Waals surface area contributed by atoms with Crippen molar-refractivity contribution in [1.82, 2.24) is 14.8 Å². The van der Waals surface area contributed by atoms with Crippen molar-refractivity contribution in [2.45, 2.75) is 19.9 Å². The Morgan fingerprint density at radius 3 is 2.82 bits per heavy atom. The van der Waals surface area contributed by atoms with Crippen LogP contribution in [0.1, 0.15) is 13.8 Å². The molecule has 0 bridgehead atoms. The number of rotatable bonds is 3. The molecule has 1 aromatic carbocycles. The van der Waals surface area contributed by atoms with E-state index in [1.54, 1.807) is 35.5 Å². The van der Waals surface area contributed by atoms with Crippen LogP contribution in [0.3, 0.4) is 0 Å². The second kappa shape index (κ2) is 8.69. The van der Waals surface area contributed by atoms with Gasteiger partial charge in [0.25, 0.3) is 0 Å². The first kappa shape index (κ1) is 19.6. The fourth-order valence-corrected chi connectivity index (χ4v) is 3.23. The van der Waals surface area contributed by atoms with Crippen LogP contribution >= 0.6 is 0 Å². The summed E-state index contributed by atoms with van der Waals surface area (Å²) in [6, 6.07) is 9.28. The van der Waals surface area contributed by atoms with E-state index in [1.165, 1.54) is 12.1 Å². The molecule has 148 valence electrons. The van der Waals surface area contributed by atoms with Crippen molar-refractivity contribution in [2.75, 3.05) is 25.0 Å². The Kier molecular flexibility index (Phi) is 6.08. The number of guanidine groups is 1. The summed E-state index contributed by atoms with van der Waals surface area (Å²) < 4.78 is 13.3. The quantitative estimate of drug-likeness (QED) is 0.629. The van der Waals surface area contributed by atoms with Crippen LogP contribution in [0.2, 0.25) is 0 Å². The van der Waals surface area contributed by atoms with E-state index in [0.29, 0.717) is 37.0 Å². The third kappa shape index (κ3) is 4.76. The fourth-order valence-electron chi connectivity index (χ4n) is 3.23. The number of halogens is 1. The van der Waals surface area contributed by atoms with E-state index in [9.17, 15) is 9.18 Å². The van der Waals surface area contributed by atoms with Crippen LogP contribution in [0.5, 0.6) is 0 Å². The average molecular weight is 384 g/mol. The number of nitrogens with zero attached hydrogens (tertiary/aromatic N) is 4. The van der Waals surface area contributed by atoms with Gasteiger partial charge in [-0.3, -0.25) is 4.98 Å². The molecule has 3 rings (SSSR count). The summed E-state index contributed by atoms with van der Waals surface area (Å²) in [4.78, 5) is 24.9. The predicted molar refractivity (Wildman–Crippen MR) is 108 cm³/mol. The minimum atomic E-state index is -0.387. The number of nitrogens with one attached hydrogen (secondary N) is 1. The highest BCUT2D eigenvalue weighted by molar-refractivity contribution is 5.89. The number of aliphatic imine (C=N–C) groups is 1. The van der Waals surface area contributed by atoms with Gasteiger partial charge in [-0.05, 0) is 36.2 Å². The first-order chi connectivity index (χ1) is 13.4. The van der Waals surface area contributed by atoms with Crippen molar-refractivity contribution in [3.05, 3.63) is 54.6 Å². The minimum Gasteiger partial charge on any atom is -0.369 e. The standard InChI is InChI=1S/C20H25FN6O/c1-14(2)18-13-26(20(28)25-16-6-3-5-15(21)11-16)9-10-27(18)19(22)24-17-7-4-8-23-12-17/h3-8,11-12,14,18H,9-10,13H2,1-2H3,(H2,22,24)(H,25,28). The molecule has 28 heavy (non-hydrogen) atoms. The molecule has 8 heteroatoms. The Morgan fingerprint density at radius 1 is 1.32 bits per heavy atom. The SMILES string of the molecule is CC(C)C1CN(C(=O)Nc2cccc(F)c2)CCN1C(N)=Nc1cccnc1. The number of carbonyl (C=O) groups excluding carboxylic acids is 1. The van der Waals surface area contributed by atoms with Crippen LogP contribution in [0.4, 0.5) is 20.6 Å². The molecule has 2 heterocycles. The van der Waals surface area contributed by atoms with Gasteiger partial charge in [-0.15, -0.1) is 0 Å². The van der Waals surface area contributed by atoms with E-state index in [2.05, 4.69) is 29.1 Å². The number of urea groups is 1. The molecule has 1 saturated heterocycles. The number of carbonyl (C=O) groups is 1. The molecule has 0 radical (unpaired) electrons. The lowest BCUT2D eigenvalue weighted by molar-refractivity contribution is 0.119. The van der Waals surface area contributed by atoms with Gasteiger partial charge in [-0.1, -0.05) is 19.9 Å². The number of hydrogen-bond donors (Lipinski definition) is 2. The largest absolute Gasteiger partial charge is 0.369 e. The summed E-state index contributed by atoms with van der Waals surface area (Å²) in [6.07, 6.45) is 3.34. The number of hydrogen-bond acceptors (Lipinski definition) is 3. The van der Waals surface area contributed by atoms with Gasteiger partial charge >= 0.3 is 6.03 Å². The molecule has 1 aromatic heterocycles. The van der Waals surface area contributed by atoms with Crippen LogP contribution in [-0.4, -0.2) is 52.5 Å². The van der Waals surface area contributed by atoms with Gasteiger partial charge in [-0.2, -0.15) is 0 Å². The Morgan fingerprint density at radius 2 is 2.14 bits per heavy atom. The maximum atomic E-state index is 13.3. The van der Waals surface area contributed by atoms with Crippen molar-refractivity contribution >= 4 is 23.4 Å². The zero-order valence-electron chi connectivity index (χ0n) is 16.0. The Labute approximate surface area is 164 Å². The van der Waals surface area contributed by atoms with Crippen molar-refractivity contribution in [1.29, 1.82) is 0 Å². The first-order valence-corrected chi connectivity index (χ1v) is 9.26. The molecular formula is C20H25FN6O. The number of aromatic nitrogens is 1. The number of anilines is 1. The van der Waals surface area contributed by atoms with Crippen molar-refractivity contribution in [2.24, 2.45) is 16.6 Å². The van der Waals surface area contributed by atoms with Crippen LogP contribution in [-0.2, 0) is 0 Å². The Hall–Kier alpha value is -3.16. The topological polar surface area (TPSA) is 86.9 Å².